The lowest BCUT2D eigenvalue weighted by Crippen LogP contribution is -2.09. The molecule has 0 aromatic heterocycles. The molecule has 0 atom stereocenters. The van der Waals surface area contributed by atoms with Crippen LogP contribution in [0.15, 0.2) is 36.4 Å². The normalized spacial score (nSPS) is 13.5. The maximum atomic E-state index is 11.4. The second-order valence-electron chi connectivity index (χ2n) is 5.35. The fourth-order valence-electron chi connectivity index (χ4n) is 2.92. The van der Waals surface area contributed by atoms with E-state index in [2.05, 4.69) is 11.4 Å². The first kappa shape index (κ1) is 13.5. The molecule has 4 heteroatoms. The molecule has 3 rings (SSSR count). The van der Waals surface area contributed by atoms with E-state index in [1.54, 1.807) is 18.2 Å². The number of benzene rings is 2. The van der Waals surface area contributed by atoms with Crippen LogP contribution in [0.1, 0.15) is 34.3 Å². The topological polar surface area (TPSA) is 75.4 Å². The van der Waals surface area contributed by atoms with Gasteiger partial charge >= 0.3 is 5.97 Å². The summed E-state index contributed by atoms with van der Waals surface area (Å²) in [4.78, 5) is 11.4. The molecule has 0 amide bonds. The third kappa shape index (κ3) is 2.57. The number of nitrogens with one attached hydrogen (secondary N) is 1. The molecule has 0 fully saturated rings. The number of nitrogen functional groups attached to an aromatic ring is 1. The predicted octanol–water partition coefficient (Wildman–Crippen LogP) is 3.59. The van der Waals surface area contributed by atoms with Gasteiger partial charge in [0.05, 0.1) is 16.9 Å². The van der Waals surface area contributed by atoms with Crippen molar-refractivity contribution in [3.63, 3.8) is 0 Å². The molecule has 0 bridgehead atoms. The van der Waals surface area contributed by atoms with Crippen LogP contribution in [0.25, 0.3) is 0 Å². The second kappa shape index (κ2) is 5.48. The van der Waals surface area contributed by atoms with Crippen molar-refractivity contribution in [3.05, 3.63) is 53.1 Å². The van der Waals surface area contributed by atoms with Gasteiger partial charge in [-0.3, -0.25) is 0 Å². The van der Waals surface area contributed by atoms with Crippen LogP contribution in [-0.2, 0) is 12.8 Å². The summed E-state index contributed by atoms with van der Waals surface area (Å²) in [6, 6.07) is 11.1. The van der Waals surface area contributed by atoms with Crippen molar-refractivity contribution in [2.75, 3.05) is 11.1 Å². The Balaban J connectivity index is 2.04. The molecule has 4 N–H and O–H groups in total. The number of carbonyl (C=O) groups is 1. The van der Waals surface area contributed by atoms with E-state index in [0.717, 1.165) is 18.5 Å². The fourth-order valence-corrected chi connectivity index (χ4v) is 2.92. The zero-order valence-corrected chi connectivity index (χ0v) is 11.7. The number of aryl methyl sites for hydroxylation is 1. The van der Waals surface area contributed by atoms with E-state index in [-0.39, 0.29) is 5.56 Å². The molecule has 21 heavy (non-hydrogen) atoms. The minimum atomic E-state index is -0.977. The summed E-state index contributed by atoms with van der Waals surface area (Å²) in [5.41, 5.74) is 10.7. The molecule has 1 aliphatic carbocycles. The van der Waals surface area contributed by atoms with Gasteiger partial charge in [-0.05, 0) is 55.0 Å². The number of fused-ring (bicyclic) bond motifs is 1. The first-order chi connectivity index (χ1) is 10.2. The molecule has 0 saturated heterocycles. The Morgan fingerprint density at radius 2 is 1.86 bits per heavy atom. The lowest BCUT2D eigenvalue weighted by Gasteiger charge is -2.21. The molecule has 2 aromatic carbocycles. The highest BCUT2D eigenvalue weighted by Gasteiger charge is 2.17. The molecule has 108 valence electrons. The summed E-state index contributed by atoms with van der Waals surface area (Å²) in [5.74, 6) is -0.977. The van der Waals surface area contributed by atoms with Crippen LogP contribution in [0, 0.1) is 0 Å². The highest BCUT2D eigenvalue weighted by molar-refractivity contribution is 5.99. The highest BCUT2D eigenvalue weighted by Crippen LogP contribution is 2.33. The smallest absolute Gasteiger partial charge is 0.337 e. The van der Waals surface area contributed by atoms with E-state index in [0.29, 0.717) is 11.4 Å². The summed E-state index contributed by atoms with van der Waals surface area (Å²) in [6.07, 6.45) is 4.49. The van der Waals surface area contributed by atoms with Crippen LogP contribution in [0.4, 0.5) is 17.1 Å². The zero-order valence-electron chi connectivity index (χ0n) is 11.7. The Bertz CT molecular complexity index is 695. The van der Waals surface area contributed by atoms with Gasteiger partial charge in [0.1, 0.15) is 0 Å². The van der Waals surface area contributed by atoms with Gasteiger partial charge in [-0.2, -0.15) is 0 Å². The molecule has 4 nitrogen and oxygen atoms in total. The van der Waals surface area contributed by atoms with Crippen molar-refractivity contribution in [1.82, 2.24) is 0 Å². The van der Waals surface area contributed by atoms with E-state index >= 15 is 0 Å². The standard InChI is InChI=1S/C17H18N2O2/c18-14-9-4-8-13(17(20)21)16(14)19-15-10-3-6-11-5-1-2-7-12(11)15/h3-4,6,8-10,19H,1-2,5,7,18H2,(H,20,21). The van der Waals surface area contributed by atoms with Crippen LogP contribution in [0.5, 0.6) is 0 Å². The van der Waals surface area contributed by atoms with Gasteiger partial charge in [-0.25, -0.2) is 4.79 Å². The number of nitrogens with two attached hydrogens (primary N) is 1. The molecule has 1 aliphatic rings. The average molecular weight is 282 g/mol. The lowest BCUT2D eigenvalue weighted by atomic mass is 9.90. The summed E-state index contributed by atoms with van der Waals surface area (Å²) in [6.45, 7) is 0. The fraction of sp³-hybridized carbons (Fsp3) is 0.235. The Labute approximate surface area is 123 Å². The Morgan fingerprint density at radius 1 is 1.10 bits per heavy atom. The van der Waals surface area contributed by atoms with Gasteiger partial charge in [-0.15, -0.1) is 0 Å². The van der Waals surface area contributed by atoms with Crippen LogP contribution in [-0.4, -0.2) is 11.1 Å². The van der Waals surface area contributed by atoms with E-state index in [9.17, 15) is 9.90 Å². The van der Waals surface area contributed by atoms with Crippen LogP contribution < -0.4 is 11.1 Å². The molecule has 0 saturated carbocycles. The number of carboxylic acid groups (broad SMARTS) is 1. The van der Waals surface area contributed by atoms with E-state index in [1.807, 2.05) is 12.1 Å². The van der Waals surface area contributed by atoms with Gasteiger partial charge in [0.2, 0.25) is 0 Å². The third-order valence-electron chi connectivity index (χ3n) is 3.98. The quantitative estimate of drug-likeness (QED) is 0.752. The molecule has 0 radical (unpaired) electrons. The van der Waals surface area contributed by atoms with Crippen molar-refractivity contribution in [1.29, 1.82) is 0 Å². The van der Waals surface area contributed by atoms with E-state index < -0.39 is 5.97 Å². The molecule has 0 aliphatic heterocycles. The first-order valence-electron chi connectivity index (χ1n) is 7.16. The van der Waals surface area contributed by atoms with Crippen LogP contribution in [0.2, 0.25) is 0 Å². The molecule has 2 aromatic rings. The predicted molar refractivity (Wildman–Crippen MR) is 84.2 cm³/mol. The van der Waals surface area contributed by atoms with Gasteiger partial charge in [-0.1, -0.05) is 18.2 Å². The van der Waals surface area contributed by atoms with Crippen LogP contribution >= 0.6 is 0 Å². The third-order valence-corrected chi connectivity index (χ3v) is 3.98. The number of hydrogen-bond acceptors (Lipinski definition) is 3. The van der Waals surface area contributed by atoms with E-state index in [1.165, 1.54) is 24.0 Å². The number of anilines is 3. The van der Waals surface area contributed by atoms with Gasteiger partial charge in [0.25, 0.3) is 0 Å². The Hall–Kier alpha value is -2.49. The molecule has 0 heterocycles. The van der Waals surface area contributed by atoms with Gasteiger partial charge < -0.3 is 16.2 Å². The largest absolute Gasteiger partial charge is 0.478 e. The number of para-hydroxylation sites is 1. The summed E-state index contributed by atoms with van der Waals surface area (Å²) in [5, 5.41) is 12.6. The van der Waals surface area contributed by atoms with Gasteiger partial charge in [0.15, 0.2) is 0 Å². The minimum Gasteiger partial charge on any atom is -0.478 e. The number of carboxylic acids is 1. The SMILES string of the molecule is Nc1cccc(C(=O)O)c1Nc1cccc2c1CCCC2. The average Bonchev–Trinajstić information content (AvgIpc) is 2.49. The first-order valence-corrected chi connectivity index (χ1v) is 7.16. The zero-order chi connectivity index (χ0) is 14.8. The summed E-state index contributed by atoms with van der Waals surface area (Å²) < 4.78 is 0. The molecular formula is C17H18N2O2. The molecule has 0 unspecified atom stereocenters. The van der Waals surface area contributed by atoms with Crippen molar-refractivity contribution in [2.24, 2.45) is 0 Å². The van der Waals surface area contributed by atoms with Crippen molar-refractivity contribution < 1.29 is 9.90 Å². The maximum absolute atomic E-state index is 11.4. The van der Waals surface area contributed by atoms with Crippen LogP contribution in [0.3, 0.4) is 0 Å². The van der Waals surface area contributed by atoms with Gasteiger partial charge in [0, 0.05) is 5.69 Å². The van der Waals surface area contributed by atoms with Crippen molar-refractivity contribution in [2.45, 2.75) is 25.7 Å². The monoisotopic (exact) mass is 282 g/mol. The highest BCUT2D eigenvalue weighted by atomic mass is 16.4. The number of rotatable bonds is 3. The number of hydrogen-bond donors (Lipinski definition) is 3. The Morgan fingerprint density at radius 3 is 2.67 bits per heavy atom. The number of aromatic carboxylic acids is 1. The second-order valence-corrected chi connectivity index (χ2v) is 5.35. The molecular weight excluding hydrogens is 264 g/mol. The summed E-state index contributed by atoms with van der Waals surface area (Å²) in [7, 11) is 0. The van der Waals surface area contributed by atoms with Crippen molar-refractivity contribution >= 4 is 23.0 Å². The van der Waals surface area contributed by atoms with E-state index in [4.69, 9.17) is 5.73 Å². The Kier molecular flexibility index (Phi) is 3.52. The molecule has 0 spiro atoms. The maximum Gasteiger partial charge on any atom is 0.337 e. The summed E-state index contributed by atoms with van der Waals surface area (Å²) >= 11 is 0. The minimum absolute atomic E-state index is 0.198. The lowest BCUT2D eigenvalue weighted by molar-refractivity contribution is 0.0698. The van der Waals surface area contributed by atoms with Crippen molar-refractivity contribution in [3.8, 4) is 0 Å².